The first kappa shape index (κ1) is 15.5. The zero-order valence-electron chi connectivity index (χ0n) is 10.5. The molecule has 0 spiro atoms. The van der Waals surface area contributed by atoms with Gasteiger partial charge in [0.1, 0.15) is 6.54 Å². The van der Waals surface area contributed by atoms with Crippen LogP contribution in [0.1, 0.15) is 13.3 Å². The van der Waals surface area contributed by atoms with Gasteiger partial charge in [-0.05, 0) is 5.92 Å². The maximum Gasteiger partial charge on any atom is 0.322 e. The second kappa shape index (κ2) is 7.13. The fourth-order valence-corrected chi connectivity index (χ4v) is 2.45. The molecule has 0 aromatic rings. The van der Waals surface area contributed by atoms with E-state index >= 15 is 0 Å². The van der Waals surface area contributed by atoms with Crippen LogP contribution in [-0.2, 0) is 19.2 Å². The lowest BCUT2D eigenvalue weighted by Gasteiger charge is -2.15. The molecule has 1 aliphatic heterocycles. The van der Waals surface area contributed by atoms with Crippen LogP contribution < -0.4 is 5.32 Å². The van der Waals surface area contributed by atoms with Crippen molar-refractivity contribution in [3.63, 3.8) is 0 Å². The van der Waals surface area contributed by atoms with Crippen LogP contribution in [0, 0.1) is 5.92 Å². The number of carbonyl (C=O) groups is 4. The average molecular weight is 288 g/mol. The Balaban J connectivity index is 2.34. The highest BCUT2D eigenvalue weighted by Gasteiger charge is 2.30. The minimum absolute atomic E-state index is 0.00472. The van der Waals surface area contributed by atoms with Crippen LogP contribution in [0.2, 0.25) is 0 Å². The minimum atomic E-state index is -1.13. The molecule has 1 rings (SSSR count). The third kappa shape index (κ3) is 5.73. The number of rotatable bonds is 6. The van der Waals surface area contributed by atoms with E-state index in [1.165, 1.54) is 23.6 Å². The summed E-state index contributed by atoms with van der Waals surface area (Å²) < 4.78 is 0. The number of nitrogens with one attached hydrogen (secondary N) is 1. The molecule has 0 saturated carbocycles. The van der Waals surface area contributed by atoms with Gasteiger partial charge < -0.3 is 15.3 Å². The zero-order chi connectivity index (χ0) is 14.4. The fourth-order valence-electron chi connectivity index (χ4n) is 1.76. The molecule has 1 aliphatic rings. The lowest BCUT2D eigenvalue weighted by Crippen LogP contribution is -2.40. The lowest BCUT2D eigenvalue weighted by molar-refractivity contribution is -0.138. The molecule has 2 N–H and O–H groups in total. The number of hydrogen-bond acceptors (Lipinski definition) is 5. The van der Waals surface area contributed by atoms with Crippen LogP contribution in [0.25, 0.3) is 0 Å². The number of aliphatic carboxylic acids is 1. The number of carbonyl (C=O) groups excluding carboxylic acids is 3. The highest BCUT2D eigenvalue weighted by molar-refractivity contribution is 8.13. The Labute approximate surface area is 114 Å². The van der Waals surface area contributed by atoms with Gasteiger partial charge in [0, 0.05) is 25.6 Å². The summed E-state index contributed by atoms with van der Waals surface area (Å²) in [5.41, 5.74) is 0. The predicted octanol–water partition coefficient (Wildman–Crippen LogP) is -0.685. The molecule has 1 atom stereocenters. The zero-order valence-corrected chi connectivity index (χ0v) is 11.4. The molecule has 0 bridgehead atoms. The van der Waals surface area contributed by atoms with Gasteiger partial charge in [-0.1, -0.05) is 11.8 Å². The minimum Gasteiger partial charge on any atom is -0.480 e. The van der Waals surface area contributed by atoms with Crippen LogP contribution in [0.15, 0.2) is 0 Å². The van der Waals surface area contributed by atoms with E-state index in [0.29, 0.717) is 18.7 Å². The van der Waals surface area contributed by atoms with Crippen molar-refractivity contribution in [2.75, 3.05) is 25.4 Å². The van der Waals surface area contributed by atoms with Gasteiger partial charge in [-0.15, -0.1) is 0 Å². The van der Waals surface area contributed by atoms with Crippen molar-refractivity contribution in [2.24, 2.45) is 5.92 Å². The Morgan fingerprint density at radius 1 is 1.47 bits per heavy atom. The van der Waals surface area contributed by atoms with E-state index in [1.807, 2.05) is 0 Å². The maximum absolute atomic E-state index is 11.6. The largest absolute Gasteiger partial charge is 0.480 e. The Bertz CT molecular complexity index is 399. The molecule has 0 aromatic carbocycles. The van der Waals surface area contributed by atoms with E-state index < -0.39 is 18.4 Å². The van der Waals surface area contributed by atoms with E-state index in [4.69, 9.17) is 5.11 Å². The van der Waals surface area contributed by atoms with E-state index in [0.717, 1.165) is 0 Å². The van der Waals surface area contributed by atoms with Crippen LogP contribution in [0.3, 0.4) is 0 Å². The number of amides is 2. The highest BCUT2D eigenvalue weighted by Crippen LogP contribution is 2.21. The Morgan fingerprint density at radius 3 is 2.74 bits per heavy atom. The second-order valence-electron chi connectivity index (χ2n) is 4.32. The number of nitrogens with zero attached hydrogens (tertiary/aromatic N) is 1. The van der Waals surface area contributed by atoms with Gasteiger partial charge in [-0.2, -0.15) is 0 Å². The normalized spacial score (nSPS) is 18.5. The molecule has 0 radical (unpaired) electrons. The topological polar surface area (TPSA) is 104 Å². The van der Waals surface area contributed by atoms with Crippen molar-refractivity contribution >= 4 is 34.7 Å². The molecule has 1 saturated heterocycles. The Morgan fingerprint density at radius 2 is 2.16 bits per heavy atom. The van der Waals surface area contributed by atoms with Crippen LogP contribution >= 0.6 is 11.8 Å². The van der Waals surface area contributed by atoms with Gasteiger partial charge in [0.15, 0.2) is 5.12 Å². The quantitative estimate of drug-likeness (QED) is 0.671. The van der Waals surface area contributed by atoms with Crippen molar-refractivity contribution in [3.8, 4) is 0 Å². The van der Waals surface area contributed by atoms with Gasteiger partial charge in [0.25, 0.3) is 0 Å². The summed E-state index contributed by atoms with van der Waals surface area (Å²) in [6, 6.07) is 0. The second-order valence-corrected chi connectivity index (χ2v) is 5.51. The van der Waals surface area contributed by atoms with Crippen molar-refractivity contribution in [3.05, 3.63) is 0 Å². The van der Waals surface area contributed by atoms with Gasteiger partial charge in [0.05, 0.1) is 6.54 Å². The molecule has 1 heterocycles. The average Bonchev–Trinajstić information content (AvgIpc) is 2.65. The summed E-state index contributed by atoms with van der Waals surface area (Å²) in [6.45, 7) is 1.32. The van der Waals surface area contributed by atoms with Crippen molar-refractivity contribution in [2.45, 2.75) is 13.3 Å². The molecule has 1 fully saturated rings. The first-order valence-corrected chi connectivity index (χ1v) is 6.76. The monoisotopic (exact) mass is 288 g/mol. The fraction of sp³-hybridized carbons (Fsp3) is 0.636. The van der Waals surface area contributed by atoms with E-state index in [2.05, 4.69) is 5.32 Å². The smallest absolute Gasteiger partial charge is 0.322 e. The number of hydrogen-bond donors (Lipinski definition) is 2. The molecule has 19 heavy (non-hydrogen) atoms. The molecule has 2 amide bonds. The highest BCUT2D eigenvalue weighted by atomic mass is 32.2. The van der Waals surface area contributed by atoms with Crippen molar-refractivity contribution in [1.82, 2.24) is 10.2 Å². The summed E-state index contributed by atoms with van der Waals surface area (Å²) in [7, 11) is 0. The molecular formula is C11H16N2O5S. The van der Waals surface area contributed by atoms with E-state index in [9.17, 15) is 19.2 Å². The predicted molar refractivity (Wildman–Crippen MR) is 68.5 cm³/mol. The Kier molecular flexibility index (Phi) is 5.81. The van der Waals surface area contributed by atoms with Crippen molar-refractivity contribution < 1.29 is 24.3 Å². The maximum atomic E-state index is 11.6. The summed E-state index contributed by atoms with van der Waals surface area (Å²) in [5.74, 6) is -1.13. The third-order valence-electron chi connectivity index (χ3n) is 2.59. The molecule has 0 aromatic heterocycles. The van der Waals surface area contributed by atoms with E-state index in [-0.39, 0.29) is 23.5 Å². The number of thioether (sulfide) groups is 1. The summed E-state index contributed by atoms with van der Waals surface area (Å²) in [6.07, 6.45) is 0.326. The Hall–Kier alpha value is -1.57. The molecule has 8 heteroatoms. The number of carboxylic acid groups (broad SMARTS) is 1. The molecule has 106 valence electrons. The van der Waals surface area contributed by atoms with Gasteiger partial charge >= 0.3 is 5.97 Å². The van der Waals surface area contributed by atoms with Crippen LogP contribution in [0.5, 0.6) is 0 Å². The first-order chi connectivity index (χ1) is 8.88. The number of carboxylic acids is 1. The summed E-state index contributed by atoms with van der Waals surface area (Å²) in [5, 5.41) is 10.6. The first-order valence-electron chi connectivity index (χ1n) is 5.78. The summed E-state index contributed by atoms with van der Waals surface area (Å²) in [4.78, 5) is 45.5. The van der Waals surface area contributed by atoms with Crippen LogP contribution in [-0.4, -0.2) is 58.3 Å². The van der Waals surface area contributed by atoms with Crippen molar-refractivity contribution in [1.29, 1.82) is 0 Å². The molecule has 7 nitrogen and oxygen atoms in total. The molecule has 1 unspecified atom stereocenters. The SMILES string of the molecule is CC(=O)SCC1CC(=O)N(CC(=O)NCC(=O)O)C1. The van der Waals surface area contributed by atoms with Gasteiger partial charge in [0.2, 0.25) is 11.8 Å². The summed E-state index contributed by atoms with van der Waals surface area (Å²) >= 11 is 1.17. The third-order valence-corrected chi connectivity index (χ3v) is 3.63. The number of likely N-dealkylation sites (tertiary alicyclic amines) is 1. The molecular weight excluding hydrogens is 272 g/mol. The van der Waals surface area contributed by atoms with Crippen LogP contribution in [0.4, 0.5) is 0 Å². The van der Waals surface area contributed by atoms with E-state index in [1.54, 1.807) is 0 Å². The van der Waals surface area contributed by atoms with Gasteiger partial charge in [-0.25, -0.2) is 0 Å². The van der Waals surface area contributed by atoms with Gasteiger partial charge in [-0.3, -0.25) is 19.2 Å². The molecule has 0 aliphatic carbocycles. The lowest BCUT2D eigenvalue weighted by atomic mass is 10.1. The standard InChI is InChI=1S/C11H16N2O5S/c1-7(14)19-6-8-2-10(16)13(4-8)5-9(15)12-3-11(17)18/h8H,2-6H2,1H3,(H,12,15)(H,17,18).